The van der Waals surface area contributed by atoms with Crippen molar-refractivity contribution in [3.8, 4) is 11.5 Å². The lowest BCUT2D eigenvalue weighted by atomic mass is 9.98. The van der Waals surface area contributed by atoms with E-state index in [0.717, 1.165) is 16.7 Å². The number of aromatic nitrogens is 4. The highest BCUT2D eigenvalue weighted by Crippen LogP contribution is 2.33. The van der Waals surface area contributed by atoms with Crippen molar-refractivity contribution in [2.24, 2.45) is 0 Å². The summed E-state index contributed by atoms with van der Waals surface area (Å²) in [5.74, 6) is 1.35. The number of hydrogen-bond acceptors (Lipinski definition) is 7. The molecular weight excluding hydrogens is 480 g/mol. The summed E-state index contributed by atoms with van der Waals surface area (Å²) in [5, 5.41) is 15.1. The Labute approximate surface area is 222 Å². The highest BCUT2D eigenvalue weighted by Gasteiger charge is 2.39. The average molecular weight is 513 g/mol. The van der Waals surface area contributed by atoms with Crippen LogP contribution in [0.15, 0.2) is 85.2 Å². The number of likely N-dealkylation sites (tertiary alicyclic amines) is 1. The molecule has 9 heteroatoms. The van der Waals surface area contributed by atoms with E-state index in [1.54, 1.807) is 18.1 Å². The largest absolute Gasteiger partial charge is 0.493 e. The van der Waals surface area contributed by atoms with Crippen LogP contribution in [0.25, 0.3) is 0 Å². The first-order chi connectivity index (χ1) is 18.7. The van der Waals surface area contributed by atoms with E-state index in [-0.39, 0.29) is 24.0 Å². The number of tetrazole rings is 1. The molecule has 196 valence electrons. The molecule has 1 N–H and O–H groups in total. The van der Waals surface area contributed by atoms with Crippen molar-refractivity contribution >= 4 is 5.91 Å². The van der Waals surface area contributed by atoms with Crippen LogP contribution in [0.5, 0.6) is 11.5 Å². The fraction of sp³-hybridized carbons (Fsp3) is 0.310. The summed E-state index contributed by atoms with van der Waals surface area (Å²) >= 11 is 0. The molecule has 1 fully saturated rings. The molecule has 3 aromatic carbocycles. The fourth-order valence-corrected chi connectivity index (χ4v) is 5.07. The number of carbonyl (C=O) groups is 1. The maximum absolute atomic E-state index is 13.9. The number of hydrogen-bond donors (Lipinski definition) is 1. The number of carbonyl (C=O) groups excluding carboxylic acids is 1. The number of nitrogens with zero attached hydrogens (tertiary/aromatic N) is 5. The van der Waals surface area contributed by atoms with Crippen molar-refractivity contribution in [1.29, 1.82) is 0 Å². The van der Waals surface area contributed by atoms with Gasteiger partial charge in [-0.25, -0.2) is 4.68 Å². The van der Waals surface area contributed by atoms with E-state index in [2.05, 4.69) is 25.7 Å². The summed E-state index contributed by atoms with van der Waals surface area (Å²) in [6.07, 6.45) is 2.21. The van der Waals surface area contributed by atoms with Gasteiger partial charge >= 0.3 is 0 Å². The third-order valence-electron chi connectivity index (χ3n) is 6.89. The van der Waals surface area contributed by atoms with Crippen LogP contribution < -0.4 is 14.8 Å². The van der Waals surface area contributed by atoms with E-state index in [9.17, 15) is 4.79 Å². The Hall–Kier alpha value is -4.24. The smallest absolute Gasteiger partial charge is 0.238 e. The van der Waals surface area contributed by atoms with Gasteiger partial charge in [0, 0.05) is 13.1 Å². The molecule has 2 heterocycles. The quantitative estimate of drug-likeness (QED) is 0.345. The maximum atomic E-state index is 13.9. The molecule has 0 saturated carbocycles. The van der Waals surface area contributed by atoms with Crippen molar-refractivity contribution < 1.29 is 14.3 Å². The van der Waals surface area contributed by atoms with E-state index in [0.29, 0.717) is 37.6 Å². The topological polar surface area (TPSA) is 94.4 Å². The van der Waals surface area contributed by atoms with Gasteiger partial charge in [0.05, 0.1) is 31.8 Å². The maximum Gasteiger partial charge on any atom is 0.238 e. The lowest BCUT2D eigenvalue weighted by Crippen LogP contribution is -2.44. The van der Waals surface area contributed by atoms with E-state index in [1.807, 2.05) is 85.8 Å². The third kappa shape index (κ3) is 5.68. The second kappa shape index (κ2) is 11.9. The number of rotatable bonds is 10. The molecular formula is C29H32N6O3. The summed E-state index contributed by atoms with van der Waals surface area (Å²) in [5.41, 5.74) is 3.10. The first-order valence-corrected chi connectivity index (χ1v) is 12.8. The van der Waals surface area contributed by atoms with Crippen LogP contribution >= 0.6 is 0 Å². The van der Waals surface area contributed by atoms with Crippen molar-refractivity contribution in [2.75, 3.05) is 20.3 Å². The summed E-state index contributed by atoms with van der Waals surface area (Å²) in [6, 6.07) is 25.4. The number of nitrogens with one attached hydrogen (secondary N) is 1. The predicted molar refractivity (Wildman–Crippen MR) is 143 cm³/mol. The Morgan fingerprint density at radius 3 is 2.34 bits per heavy atom. The number of ether oxygens (including phenoxy) is 2. The standard InChI is InChI=1S/C29H32N6O3/c1-3-38-27-16-21(14-15-26(27)37-2)18-34-19-24(35-20-30-32-33-35)17-25(34)29(36)31-28(22-10-6-4-7-11-22)23-12-8-5-9-13-23/h4-16,20,24-25,28H,3,17-19H2,1-2H3,(H,31,36)/t24-,25+/m1/s1. The zero-order chi connectivity index (χ0) is 26.3. The van der Waals surface area contributed by atoms with Gasteiger partial charge in [-0.05, 0) is 52.6 Å². The Bertz CT molecular complexity index is 1280. The Morgan fingerprint density at radius 1 is 1.03 bits per heavy atom. The van der Waals surface area contributed by atoms with Crippen LogP contribution in [0.3, 0.4) is 0 Å². The Kier molecular flexibility index (Phi) is 7.94. The summed E-state index contributed by atoms with van der Waals surface area (Å²) in [7, 11) is 1.63. The van der Waals surface area contributed by atoms with Crippen LogP contribution in [-0.4, -0.2) is 57.3 Å². The second-order valence-corrected chi connectivity index (χ2v) is 9.31. The van der Waals surface area contributed by atoms with Crippen molar-refractivity contribution in [2.45, 2.75) is 38.0 Å². The molecule has 1 aliphatic rings. The monoisotopic (exact) mass is 512 g/mol. The molecule has 1 amide bonds. The van der Waals surface area contributed by atoms with Crippen LogP contribution in [0.1, 0.15) is 42.1 Å². The van der Waals surface area contributed by atoms with Crippen molar-refractivity contribution in [3.63, 3.8) is 0 Å². The Balaban J connectivity index is 1.41. The van der Waals surface area contributed by atoms with Gasteiger partial charge < -0.3 is 14.8 Å². The lowest BCUT2D eigenvalue weighted by Gasteiger charge is -2.27. The van der Waals surface area contributed by atoms with E-state index >= 15 is 0 Å². The fourth-order valence-electron chi connectivity index (χ4n) is 5.07. The molecule has 0 unspecified atom stereocenters. The van der Waals surface area contributed by atoms with Gasteiger partial charge in [0.1, 0.15) is 6.33 Å². The van der Waals surface area contributed by atoms with Gasteiger partial charge in [0.25, 0.3) is 0 Å². The highest BCUT2D eigenvalue weighted by atomic mass is 16.5. The first-order valence-electron chi connectivity index (χ1n) is 12.8. The van der Waals surface area contributed by atoms with E-state index in [1.165, 1.54) is 0 Å². The molecule has 38 heavy (non-hydrogen) atoms. The van der Waals surface area contributed by atoms with Gasteiger partial charge in [-0.3, -0.25) is 9.69 Å². The lowest BCUT2D eigenvalue weighted by molar-refractivity contribution is -0.126. The Morgan fingerprint density at radius 2 is 1.74 bits per heavy atom. The second-order valence-electron chi connectivity index (χ2n) is 9.31. The van der Waals surface area contributed by atoms with Gasteiger partial charge in [-0.1, -0.05) is 66.7 Å². The summed E-state index contributed by atoms with van der Waals surface area (Å²) < 4.78 is 13.0. The van der Waals surface area contributed by atoms with Crippen molar-refractivity contribution in [1.82, 2.24) is 30.4 Å². The molecule has 4 aromatic rings. The third-order valence-corrected chi connectivity index (χ3v) is 6.89. The minimum absolute atomic E-state index is 0.0164. The van der Waals surface area contributed by atoms with Gasteiger partial charge in [-0.2, -0.15) is 0 Å². The molecule has 0 aliphatic carbocycles. The summed E-state index contributed by atoms with van der Waals surface area (Å²) in [4.78, 5) is 16.1. The minimum Gasteiger partial charge on any atom is -0.493 e. The minimum atomic E-state index is -0.364. The molecule has 5 rings (SSSR count). The number of amides is 1. The summed E-state index contributed by atoms with van der Waals surface area (Å²) in [6.45, 7) is 3.69. The predicted octanol–water partition coefficient (Wildman–Crippen LogP) is 3.80. The zero-order valence-electron chi connectivity index (χ0n) is 21.6. The molecule has 1 aromatic heterocycles. The molecule has 2 atom stereocenters. The van der Waals surface area contributed by atoms with Crippen LogP contribution in [0, 0.1) is 0 Å². The normalized spacial score (nSPS) is 17.4. The SMILES string of the molecule is CCOc1cc(CN2C[C@H](n3cnnn3)C[C@H]2C(=O)NC(c2ccccc2)c2ccccc2)ccc1OC. The van der Waals surface area contributed by atoms with E-state index < -0.39 is 0 Å². The molecule has 0 spiro atoms. The molecule has 1 saturated heterocycles. The van der Waals surface area contributed by atoms with Crippen LogP contribution in [-0.2, 0) is 11.3 Å². The number of methoxy groups -OCH3 is 1. The van der Waals surface area contributed by atoms with Crippen molar-refractivity contribution in [3.05, 3.63) is 102 Å². The van der Waals surface area contributed by atoms with Gasteiger partial charge in [0.15, 0.2) is 11.5 Å². The van der Waals surface area contributed by atoms with E-state index in [4.69, 9.17) is 9.47 Å². The molecule has 0 bridgehead atoms. The zero-order valence-corrected chi connectivity index (χ0v) is 21.6. The molecule has 0 radical (unpaired) electrons. The average Bonchev–Trinajstić information content (AvgIpc) is 3.64. The number of benzene rings is 3. The first kappa shape index (κ1) is 25.4. The van der Waals surface area contributed by atoms with Crippen LogP contribution in [0.4, 0.5) is 0 Å². The molecule has 1 aliphatic heterocycles. The molecule has 9 nitrogen and oxygen atoms in total. The van der Waals surface area contributed by atoms with Crippen LogP contribution in [0.2, 0.25) is 0 Å². The van der Waals surface area contributed by atoms with Gasteiger partial charge in [-0.15, -0.1) is 5.10 Å². The highest BCUT2D eigenvalue weighted by molar-refractivity contribution is 5.83. The van der Waals surface area contributed by atoms with Gasteiger partial charge in [0.2, 0.25) is 5.91 Å².